The van der Waals surface area contributed by atoms with Crippen molar-refractivity contribution in [2.75, 3.05) is 7.11 Å². The lowest BCUT2D eigenvalue weighted by Gasteiger charge is -2.09. The third-order valence-electron chi connectivity index (χ3n) is 3.80. The second kappa shape index (κ2) is 7.10. The zero-order valence-electron chi connectivity index (χ0n) is 13.5. The Bertz CT molecular complexity index is 876. The first-order valence-electron chi connectivity index (χ1n) is 7.61. The first-order valence-corrected chi connectivity index (χ1v) is 7.61. The van der Waals surface area contributed by atoms with Crippen LogP contribution in [0.5, 0.6) is 5.75 Å². The highest BCUT2D eigenvalue weighted by Crippen LogP contribution is 2.21. The fourth-order valence-corrected chi connectivity index (χ4v) is 2.44. The van der Waals surface area contributed by atoms with Crippen molar-refractivity contribution in [2.45, 2.75) is 12.5 Å². The van der Waals surface area contributed by atoms with Crippen LogP contribution in [0.1, 0.15) is 28.8 Å². The molecule has 0 spiro atoms. The number of nitrogens with zero attached hydrogens (tertiary/aromatic N) is 3. The van der Waals surface area contributed by atoms with E-state index in [9.17, 15) is 10.1 Å². The van der Waals surface area contributed by atoms with Gasteiger partial charge in [0.05, 0.1) is 18.1 Å². The zero-order chi connectivity index (χ0) is 17.8. The topological polar surface area (TPSA) is 120 Å². The van der Waals surface area contributed by atoms with Crippen LogP contribution in [-0.4, -0.2) is 27.2 Å². The molecular weight excluding hydrogens is 322 g/mol. The van der Waals surface area contributed by atoms with Crippen LogP contribution in [0.2, 0.25) is 0 Å². The molecule has 3 aromatic rings. The van der Waals surface area contributed by atoms with Gasteiger partial charge in [-0.2, -0.15) is 5.10 Å². The lowest BCUT2D eigenvalue weighted by atomic mass is 10.1. The highest BCUT2D eigenvalue weighted by atomic mass is 16.6. The molecule has 1 heterocycles. The average Bonchev–Trinajstić information content (AvgIpc) is 3.10. The zero-order valence-corrected chi connectivity index (χ0v) is 13.5. The molecule has 2 aromatic carbocycles. The number of benzene rings is 2. The van der Waals surface area contributed by atoms with E-state index in [4.69, 9.17) is 10.5 Å². The molecule has 0 fully saturated rings. The molecular formula is C17H17N5O3. The molecule has 1 aromatic heterocycles. The number of hydrogen-bond donors (Lipinski definition) is 2. The second-order valence-corrected chi connectivity index (χ2v) is 5.49. The summed E-state index contributed by atoms with van der Waals surface area (Å²) in [4.78, 5) is 14.7. The fraction of sp³-hybridized carbons (Fsp3) is 0.176. The Morgan fingerprint density at radius 1 is 1.28 bits per heavy atom. The highest BCUT2D eigenvalue weighted by Gasteiger charge is 2.15. The average molecular weight is 339 g/mol. The number of nitro benzene ring substituents is 1. The standard InChI is InChI=1S/C17H17N5O3/c1-25-14-4-2-3-12(10-14)16(18)17-19-15(20-21-17)9-11-5-7-13(8-6-11)22(23)24/h2-8,10,16H,9,18H2,1H3,(H,19,20,21). The molecule has 1 unspecified atom stereocenters. The molecule has 0 amide bonds. The molecule has 3 N–H and O–H groups in total. The third-order valence-corrected chi connectivity index (χ3v) is 3.80. The van der Waals surface area contributed by atoms with Gasteiger partial charge in [0.1, 0.15) is 11.6 Å². The third kappa shape index (κ3) is 3.81. The largest absolute Gasteiger partial charge is 0.497 e. The molecule has 0 aliphatic rings. The Labute approximate surface area is 143 Å². The van der Waals surface area contributed by atoms with Gasteiger partial charge >= 0.3 is 0 Å². The number of ether oxygens (including phenoxy) is 1. The van der Waals surface area contributed by atoms with Gasteiger partial charge in [0.2, 0.25) is 0 Å². The molecule has 0 radical (unpaired) electrons. The summed E-state index contributed by atoms with van der Waals surface area (Å²) < 4.78 is 5.20. The number of hydrogen-bond acceptors (Lipinski definition) is 6. The Balaban J connectivity index is 1.74. The summed E-state index contributed by atoms with van der Waals surface area (Å²) in [6.45, 7) is 0. The molecule has 0 bridgehead atoms. The van der Waals surface area contributed by atoms with Gasteiger partial charge in [-0.1, -0.05) is 24.3 Å². The van der Waals surface area contributed by atoms with Crippen molar-refractivity contribution in [1.29, 1.82) is 0 Å². The van der Waals surface area contributed by atoms with Gasteiger partial charge in [0.15, 0.2) is 5.82 Å². The number of H-pyrrole nitrogens is 1. The van der Waals surface area contributed by atoms with Crippen LogP contribution in [-0.2, 0) is 6.42 Å². The van der Waals surface area contributed by atoms with E-state index >= 15 is 0 Å². The van der Waals surface area contributed by atoms with Crippen molar-refractivity contribution in [3.8, 4) is 5.75 Å². The maximum Gasteiger partial charge on any atom is 0.269 e. The summed E-state index contributed by atoms with van der Waals surface area (Å²) in [6, 6.07) is 13.3. The van der Waals surface area contributed by atoms with E-state index in [2.05, 4.69) is 15.2 Å². The summed E-state index contributed by atoms with van der Waals surface area (Å²) in [5.41, 5.74) is 8.02. The SMILES string of the molecule is COc1cccc(C(N)c2n[nH]c(Cc3ccc([N+](=O)[O-])cc3)n2)c1. The Morgan fingerprint density at radius 2 is 2.04 bits per heavy atom. The van der Waals surface area contributed by atoms with Crippen molar-refractivity contribution in [2.24, 2.45) is 5.73 Å². The molecule has 8 heteroatoms. The van der Waals surface area contributed by atoms with E-state index < -0.39 is 11.0 Å². The number of non-ortho nitro benzene ring substituents is 1. The summed E-state index contributed by atoms with van der Waals surface area (Å²) in [5.74, 6) is 1.84. The summed E-state index contributed by atoms with van der Waals surface area (Å²) >= 11 is 0. The number of aromatic amines is 1. The molecule has 1 atom stereocenters. The molecule has 25 heavy (non-hydrogen) atoms. The van der Waals surface area contributed by atoms with E-state index in [1.807, 2.05) is 24.3 Å². The van der Waals surface area contributed by atoms with E-state index in [0.717, 1.165) is 16.9 Å². The predicted molar refractivity (Wildman–Crippen MR) is 91.3 cm³/mol. The van der Waals surface area contributed by atoms with Crippen LogP contribution in [0.15, 0.2) is 48.5 Å². The molecule has 0 aliphatic carbocycles. The number of nitrogens with one attached hydrogen (secondary N) is 1. The van der Waals surface area contributed by atoms with Gasteiger partial charge in [0.25, 0.3) is 5.69 Å². The first-order chi connectivity index (χ1) is 12.1. The second-order valence-electron chi connectivity index (χ2n) is 5.49. The number of methoxy groups -OCH3 is 1. The van der Waals surface area contributed by atoms with Crippen LogP contribution in [0, 0.1) is 10.1 Å². The molecule has 128 valence electrons. The van der Waals surface area contributed by atoms with E-state index in [0.29, 0.717) is 18.1 Å². The minimum absolute atomic E-state index is 0.0575. The minimum atomic E-state index is -0.475. The Kier molecular flexibility index (Phi) is 4.71. The molecule has 0 saturated heterocycles. The van der Waals surface area contributed by atoms with Crippen LogP contribution in [0.3, 0.4) is 0 Å². The number of nitro groups is 1. The molecule has 3 rings (SSSR count). The van der Waals surface area contributed by atoms with Crippen molar-refractivity contribution in [3.05, 3.63) is 81.4 Å². The normalized spacial score (nSPS) is 11.9. The smallest absolute Gasteiger partial charge is 0.269 e. The van der Waals surface area contributed by atoms with Gasteiger partial charge in [0, 0.05) is 18.6 Å². The lowest BCUT2D eigenvalue weighted by Crippen LogP contribution is -2.13. The molecule has 0 saturated carbocycles. The monoisotopic (exact) mass is 339 g/mol. The van der Waals surface area contributed by atoms with E-state index in [1.165, 1.54) is 12.1 Å². The molecule has 0 aliphatic heterocycles. The van der Waals surface area contributed by atoms with Crippen molar-refractivity contribution in [1.82, 2.24) is 15.2 Å². The number of aromatic nitrogens is 3. The summed E-state index contributed by atoms with van der Waals surface area (Å²) in [5, 5.41) is 17.7. The van der Waals surface area contributed by atoms with Crippen LogP contribution in [0.25, 0.3) is 0 Å². The molecule has 8 nitrogen and oxygen atoms in total. The Morgan fingerprint density at radius 3 is 2.72 bits per heavy atom. The Hall–Kier alpha value is -3.26. The summed E-state index contributed by atoms with van der Waals surface area (Å²) in [7, 11) is 1.60. The number of rotatable bonds is 6. The lowest BCUT2D eigenvalue weighted by molar-refractivity contribution is -0.384. The number of nitrogens with two attached hydrogens (primary N) is 1. The van der Waals surface area contributed by atoms with Crippen molar-refractivity contribution in [3.63, 3.8) is 0 Å². The summed E-state index contributed by atoms with van der Waals surface area (Å²) in [6.07, 6.45) is 0.482. The minimum Gasteiger partial charge on any atom is -0.497 e. The van der Waals surface area contributed by atoms with Gasteiger partial charge in [-0.3, -0.25) is 15.2 Å². The van der Waals surface area contributed by atoms with Gasteiger partial charge < -0.3 is 10.5 Å². The fourth-order valence-electron chi connectivity index (χ4n) is 2.44. The van der Waals surface area contributed by atoms with Crippen molar-refractivity contribution >= 4 is 5.69 Å². The predicted octanol–water partition coefficient (Wildman–Crippen LogP) is 2.36. The maximum atomic E-state index is 10.7. The van der Waals surface area contributed by atoms with Crippen LogP contribution >= 0.6 is 0 Å². The highest BCUT2D eigenvalue weighted by molar-refractivity contribution is 5.35. The van der Waals surface area contributed by atoms with E-state index in [-0.39, 0.29) is 5.69 Å². The van der Waals surface area contributed by atoms with Crippen LogP contribution in [0.4, 0.5) is 5.69 Å². The maximum absolute atomic E-state index is 10.7. The van der Waals surface area contributed by atoms with Gasteiger partial charge in [-0.15, -0.1) is 0 Å². The van der Waals surface area contributed by atoms with Gasteiger partial charge in [-0.25, -0.2) is 4.98 Å². The van der Waals surface area contributed by atoms with Crippen molar-refractivity contribution < 1.29 is 9.66 Å². The van der Waals surface area contributed by atoms with Gasteiger partial charge in [-0.05, 0) is 23.3 Å². The van der Waals surface area contributed by atoms with E-state index in [1.54, 1.807) is 19.2 Å². The first kappa shape index (κ1) is 16.6. The quantitative estimate of drug-likeness (QED) is 0.525. The van der Waals surface area contributed by atoms with Crippen LogP contribution < -0.4 is 10.5 Å².